The third kappa shape index (κ3) is 79.9. The molecule has 19 heteroatoms. The standard InChI is InChI=1S/C86H168O17P2/c1-7-9-11-13-15-17-18-19-20-21-22-23-27-30-35-40-45-51-57-63-69-84(89)97-75-82(103-86(91)70-64-58-52-46-41-36-31-28-25-24-26-29-33-38-43-48-54-60-66-78(3)4)77-101-105(94,95)99-73-80(87)72-98-104(92,93)100-76-81(74-96-83(88)68-62-56-50-16-14-12-10-8-2)102-85(90)71-65-59-53-47-42-37-32-34-39-44-49-55-61-67-79(5)6/h78-82,87H,7-77H2,1-6H3,(H,92,93)(H,94,95)/t80-,81+,82+/m0/s1. The minimum atomic E-state index is -4.96. The Kier molecular flexibility index (Phi) is 76.0. The molecule has 0 spiro atoms. The van der Waals surface area contributed by atoms with Crippen LogP contribution < -0.4 is 0 Å². The first-order valence-electron chi connectivity index (χ1n) is 44.5. The van der Waals surface area contributed by atoms with E-state index in [1.165, 1.54) is 270 Å². The van der Waals surface area contributed by atoms with Crippen molar-refractivity contribution in [1.29, 1.82) is 0 Å². The summed E-state index contributed by atoms with van der Waals surface area (Å²) in [5.41, 5.74) is 0. The number of phosphoric ester groups is 2. The van der Waals surface area contributed by atoms with Crippen LogP contribution in [0.3, 0.4) is 0 Å². The summed E-state index contributed by atoms with van der Waals surface area (Å²) in [6, 6.07) is 0. The van der Waals surface area contributed by atoms with E-state index in [1.54, 1.807) is 0 Å². The molecular formula is C86H168O17P2. The molecule has 0 fully saturated rings. The molecule has 0 bridgehead atoms. The minimum Gasteiger partial charge on any atom is -0.462 e. The van der Waals surface area contributed by atoms with Crippen molar-refractivity contribution < 1.29 is 80.2 Å². The molecule has 0 amide bonds. The van der Waals surface area contributed by atoms with Gasteiger partial charge in [0.2, 0.25) is 0 Å². The zero-order chi connectivity index (χ0) is 77.1. The average Bonchev–Trinajstić information content (AvgIpc) is 0.925. The van der Waals surface area contributed by atoms with Crippen LogP contribution in [-0.4, -0.2) is 96.7 Å². The molecule has 624 valence electrons. The van der Waals surface area contributed by atoms with Crippen LogP contribution in [0.5, 0.6) is 0 Å². The van der Waals surface area contributed by atoms with E-state index >= 15 is 0 Å². The van der Waals surface area contributed by atoms with Gasteiger partial charge in [-0.05, 0) is 37.5 Å². The number of aliphatic hydroxyl groups excluding tert-OH is 1. The van der Waals surface area contributed by atoms with Crippen LogP contribution in [-0.2, 0) is 65.4 Å². The van der Waals surface area contributed by atoms with Crippen molar-refractivity contribution in [3.05, 3.63) is 0 Å². The van der Waals surface area contributed by atoms with Gasteiger partial charge < -0.3 is 33.8 Å². The summed E-state index contributed by atoms with van der Waals surface area (Å²) in [7, 11) is -9.92. The van der Waals surface area contributed by atoms with Crippen molar-refractivity contribution >= 4 is 39.5 Å². The Bertz CT molecular complexity index is 2010. The lowest BCUT2D eigenvalue weighted by Crippen LogP contribution is -2.30. The molecule has 17 nitrogen and oxygen atoms in total. The van der Waals surface area contributed by atoms with Crippen molar-refractivity contribution in [2.75, 3.05) is 39.6 Å². The van der Waals surface area contributed by atoms with Crippen molar-refractivity contribution in [3.8, 4) is 0 Å². The number of hydrogen-bond acceptors (Lipinski definition) is 15. The van der Waals surface area contributed by atoms with E-state index < -0.39 is 97.5 Å². The Morgan fingerprint density at radius 2 is 0.438 bits per heavy atom. The van der Waals surface area contributed by atoms with Crippen LogP contribution in [0.15, 0.2) is 0 Å². The van der Waals surface area contributed by atoms with Crippen LogP contribution >= 0.6 is 15.6 Å². The molecule has 0 aromatic heterocycles. The zero-order valence-corrected chi connectivity index (χ0v) is 70.8. The highest BCUT2D eigenvalue weighted by molar-refractivity contribution is 7.47. The number of aliphatic hydroxyl groups is 1. The fourth-order valence-electron chi connectivity index (χ4n) is 13.4. The Balaban J connectivity index is 5.18. The maximum Gasteiger partial charge on any atom is 0.472 e. The lowest BCUT2D eigenvalue weighted by molar-refractivity contribution is -0.161. The van der Waals surface area contributed by atoms with Crippen molar-refractivity contribution in [1.82, 2.24) is 0 Å². The van der Waals surface area contributed by atoms with Crippen LogP contribution in [0, 0.1) is 11.8 Å². The van der Waals surface area contributed by atoms with Gasteiger partial charge in [0.25, 0.3) is 0 Å². The van der Waals surface area contributed by atoms with E-state index in [2.05, 4.69) is 41.5 Å². The van der Waals surface area contributed by atoms with Crippen LogP contribution in [0.2, 0.25) is 0 Å². The topological polar surface area (TPSA) is 237 Å². The average molecular weight is 1540 g/mol. The molecular weight excluding hydrogens is 1370 g/mol. The predicted molar refractivity (Wildman–Crippen MR) is 432 cm³/mol. The number of esters is 4. The van der Waals surface area contributed by atoms with E-state index in [-0.39, 0.29) is 25.7 Å². The van der Waals surface area contributed by atoms with Gasteiger partial charge in [-0.2, -0.15) is 0 Å². The summed E-state index contributed by atoms with van der Waals surface area (Å²) in [4.78, 5) is 73.1. The van der Waals surface area contributed by atoms with Gasteiger partial charge in [0.1, 0.15) is 19.3 Å². The number of hydrogen-bond donors (Lipinski definition) is 3. The zero-order valence-electron chi connectivity index (χ0n) is 69.0. The van der Waals surface area contributed by atoms with E-state index in [0.29, 0.717) is 25.7 Å². The fourth-order valence-corrected chi connectivity index (χ4v) is 15.0. The molecule has 0 aromatic rings. The van der Waals surface area contributed by atoms with Crippen molar-refractivity contribution in [2.45, 2.75) is 477 Å². The minimum absolute atomic E-state index is 0.107. The summed E-state index contributed by atoms with van der Waals surface area (Å²) < 4.78 is 68.8. The number of carbonyl (C=O) groups is 4. The van der Waals surface area contributed by atoms with Gasteiger partial charge in [-0.1, -0.05) is 408 Å². The van der Waals surface area contributed by atoms with Gasteiger partial charge in [0, 0.05) is 25.7 Å². The van der Waals surface area contributed by atoms with Gasteiger partial charge in [-0.3, -0.25) is 37.3 Å². The van der Waals surface area contributed by atoms with Gasteiger partial charge in [-0.25, -0.2) is 9.13 Å². The van der Waals surface area contributed by atoms with E-state index in [1.807, 2.05) is 0 Å². The Hall–Kier alpha value is -1.94. The highest BCUT2D eigenvalue weighted by Gasteiger charge is 2.30. The first-order chi connectivity index (χ1) is 50.9. The maximum absolute atomic E-state index is 13.1. The Labute approximate surface area is 645 Å². The molecule has 5 atom stereocenters. The van der Waals surface area contributed by atoms with Gasteiger partial charge in [-0.15, -0.1) is 0 Å². The second-order valence-corrected chi connectivity index (χ2v) is 34.8. The summed E-state index contributed by atoms with van der Waals surface area (Å²) in [5, 5.41) is 10.7. The van der Waals surface area contributed by atoms with Gasteiger partial charge >= 0.3 is 39.5 Å². The lowest BCUT2D eigenvalue weighted by atomic mass is 10.0. The monoisotopic (exact) mass is 1540 g/mol. The molecule has 0 radical (unpaired) electrons. The first kappa shape index (κ1) is 103. The molecule has 2 unspecified atom stereocenters. The highest BCUT2D eigenvalue weighted by atomic mass is 31.2. The molecule has 3 N–H and O–H groups in total. The highest BCUT2D eigenvalue weighted by Crippen LogP contribution is 2.45. The predicted octanol–water partition coefficient (Wildman–Crippen LogP) is 26.2. The lowest BCUT2D eigenvalue weighted by Gasteiger charge is -2.21. The number of ether oxygens (including phenoxy) is 4. The van der Waals surface area contributed by atoms with Gasteiger partial charge in [0.05, 0.1) is 26.4 Å². The summed E-state index contributed by atoms with van der Waals surface area (Å²) >= 11 is 0. The number of carbonyl (C=O) groups excluding carboxylic acids is 4. The second kappa shape index (κ2) is 77.4. The molecule has 0 rings (SSSR count). The van der Waals surface area contributed by atoms with E-state index in [4.69, 9.17) is 37.0 Å². The molecule has 0 aliphatic heterocycles. The second-order valence-electron chi connectivity index (χ2n) is 31.9. The van der Waals surface area contributed by atoms with Crippen LogP contribution in [0.25, 0.3) is 0 Å². The molecule has 0 saturated heterocycles. The van der Waals surface area contributed by atoms with E-state index in [0.717, 1.165) is 108 Å². The quantitative estimate of drug-likeness (QED) is 0.0222. The van der Waals surface area contributed by atoms with Gasteiger partial charge in [0.15, 0.2) is 12.2 Å². The van der Waals surface area contributed by atoms with Crippen molar-refractivity contribution in [2.24, 2.45) is 11.8 Å². The smallest absolute Gasteiger partial charge is 0.462 e. The largest absolute Gasteiger partial charge is 0.472 e. The molecule has 0 aliphatic carbocycles. The van der Waals surface area contributed by atoms with Crippen LogP contribution in [0.4, 0.5) is 0 Å². The Morgan fingerprint density at radius 3 is 0.648 bits per heavy atom. The molecule has 0 aromatic carbocycles. The first-order valence-corrected chi connectivity index (χ1v) is 47.5. The van der Waals surface area contributed by atoms with Crippen molar-refractivity contribution in [3.63, 3.8) is 0 Å². The number of phosphoric acid groups is 2. The number of unbranched alkanes of at least 4 members (excludes halogenated alkanes) is 55. The van der Waals surface area contributed by atoms with Crippen LogP contribution in [0.1, 0.15) is 459 Å². The summed E-state index contributed by atoms with van der Waals surface area (Å²) in [6.45, 7) is 9.69. The summed E-state index contributed by atoms with van der Waals surface area (Å²) in [6.07, 6.45) is 69.6. The maximum atomic E-state index is 13.1. The Morgan fingerprint density at radius 1 is 0.257 bits per heavy atom. The third-order valence-corrected chi connectivity index (χ3v) is 22.1. The SMILES string of the molecule is CCCCCCCCCCCCCCCCCCCCCCC(=O)OC[C@H](COP(=O)(O)OC[C@@H](O)COP(=O)(O)OC[C@@H](COC(=O)CCCCCCCCCC)OC(=O)CCCCCCCCCCCCCCCC(C)C)OC(=O)CCCCCCCCCCCCCCCCCCCCC(C)C. The third-order valence-electron chi connectivity index (χ3n) is 20.2. The molecule has 105 heavy (non-hydrogen) atoms. The van der Waals surface area contributed by atoms with E-state index in [9.17, 15) is 43.2 Å². The molecule has 0 saturated carbocycles. The number of rotatable bonds is 85. The molecule has 0 aliphatic rings. The normalized spacial score (nSPS) is 13.8. The summed E-state index contributed by atoms with van der Waals surface area (Å²) in [5.74, 6) is -0.498. The fraction of sp³-hybridized carbons (Fsp3) is 0.953. The molecule has 0 heterocycles.